The fourth-order valence-electron chi connectivity index (χ4n) is 3.49. The minimum Gasteiger partial charge on any atom is -0.497 e. The van der Waals surface area contributed by atoms with Gasteiger partial charge < -0.3 is 9.47 Å². The van der Waals surface area contributed by atoms with Crippen LogP contribution in [0.1, 0.15) is 51.4 Å². The van der Waals surface area contributed by atoms with Gasteiger partial charge in [-0.2, -0.15) is 10.2 Å². The minimum atomic E-state index is -0.00381. The van der Waals surface area contributed by atoms with E-state index in [9.17, 15) is 9.59 Å². The molecule has 4 rings (SSSR count). The fourth-order valence-corrected chi connectivity index (χ4v) is 4.08. The standard InChI is InChI=1S/C15H16N2O2.C13H13BrN2O2/c1-4-15-14(11(2)18)10-17(16-15)9-12-5-7-13(19-3)8-6-12;1-9(17)12-8-16(15-13(12)14)7-10-3-5-11(18-2)6-4-10/h4-8,10H,1,9H2,2-3H3;3-6,8H,7H2,1-2H3. The van der Waals surface area contributed by atoms with Gasteiger partial charge in [0.2, 0.25) is 0 Å². The highest BCUT2D eigenvalue weighted by Crippen LogP contribution is 2.17. The Labute approximate surface area is 224 Å². The second kappa shape index (κ2) is 12.8. The quantitative estimate of drug-likeness (QED) is 0.242. The summed E-state index contributed by atoms with van der Waals surface area (Å²) in [7, 11) is 3.27. The van der Waals surface area contributed by atoms with Gasteiger partial charge in [0.25, 0.3) is 0 Å². The third-order valence-corrected chi connectivity index (χ3v) is 6.05. The predicted octanol–water partition coefficient (Wildman–Crippen LogP) is 5.69. The maximum atomic E-state index is 11.5. The second-order valence-electron chi connectivity index (χ2n) is 8.17. The smallest absolute Gasteiger partial charge is 0.164 e. The van der Waals surface area contributed by atoms with Crippen LogP contribution in [0.15, 0.2) is 72.1 Å². The predicted molar refractivity (Wildman–Crippen MR) is 146 cm³/mol. The molecule has 2 aromatic heterocycles. The molecule has 9 heteroatoms. The Bertz CT molecular complexity index is 1370. The van der Waals surface area contributed by atoms with E-state index in [1.165, 1.54) is 13.8 Å². The van der Waals surface area contributed by atoms with Crippen molar-refractivity contribution in [2.24, 2.45) is 0 Å². The Kier molecular flexibility index (Phi) is 9.57. The summed E-state index contributed by atoms with van der Waals surface area (Å²) in [6, 6.07) is 15.5. The van der Waals surface area contributed by atoms with E-state index in [-0.39, 0.29) is 11.6 Å². The molecule has 0 aliphatic heterocycles. The lowest BCUT2D eigenvalue weighted by Crippen LogP contribution is -2.00. The van der Waals surface area contributed by atoms with E-state index in [4.69, 9.17) is 9.47 Å². The number of methoxy groups -OCH3 is 2. The number of benzene rings is 2. The first-order chi connectivity index (χ1) is 17.7. The van der Waals surface area contributed by atoms with Crippen LogP contribution in [0.2, 0.25) is 0 Å². The molecule has 0 spiro atoms. The first-order valence-electron chi connectivity index (χ1n) is 11.4. The fraction of sp³-hybridized carbons (Fsp3) is 0.214. The summed E-state index contributed by atoms with van der Waals surface area (Å²) in [6.07, 6.45) is 5.10. The largest absolute Gasteiger partial charge is 0.497 e. The number of nitrogens with zero attached hydrogens (tertiary/aromatic N) is 4. The monoisotopic (exact) mass is 564 g/mol. The number of hydrogen-bond donors (Lipinski definition) is 0. The van der Waals surface area contributed by atoms with Crippen molar-refractivity contribution in [1.29, 1.82) is 0 Å². The van der Waals surface area contributed by atoms with Crippen LogP contribution in [0.25, 0.3) is 6.08 Å². The van der Waals surface area contributed by atoms with Crippen molar-refractivity contribution >= 4 is 33.6 Å². The van der Waals surface area contributed by atoms with Crippen LogP contribution in [0.3, 0.4) is 0 Å². The summed E-state index contributed by atoms with van der Waals surface area (Å²) in [5.41, 5.74) is 4.02. The zero-order valence-electron chi connectivity index (χ0n) is 21.3. The highest BCUT2D eigenvalue weighted by atomic mass is 79.9. The van der Waals surface area contributed by atoms with Crippen molar-refractivity contribution in [2.45, 2.75) is 26.9 Å². The van der Waals surface area contributed by atoms with Gasteiger partial charge in [-0.15, -0.1) is 0 Å². The minimum absolute atomic E-state index is 0.00264. The molecule has 0 N–H and O–H groups in total. The number of aromatic nitrogens is 4. The summed E-state index contributed by atoms with van der Waals surface area (Å²) in [5.74, 6) is 1.64. The van der Waals surface area contributed by atoms with E-state index in [1.54, 1.807) is 42.1 Å². The van der Waals surface area contributed by atoms with Gasteiger partial charge >= 0.3 is 0 Å². The van der Waals surface area contributed by atoms with Crippen LogP contribution in [0, 0.1) is 0 Å². The molecule has 0 radical (unpaired) electrons. The Morgan fingerprint density at radius 3 is 1.59 bits per heavy atom. The van der Waals surface area contributed by atoms with Gasteiger partial charge in [-0.25, -0.2) is 0 Å². The lowest BCUT2D eigenvalue weighted by Gasteiger charge is -2.03. The van der Waals surface area contributed by atoms with Crippen molar-refractivity contribution in [1.82, 2.24) is 19.6 Å². The Morgan fingerprint density at radius 1 is 0.811 bits per heavy atom. The van der Waals surface area contributed by atoms with Gasteiger partial charge in [-0.1, -0.05) is 30.8 Å². The molecule has 0 aliphatic carbocycles. The Hall–Kier alpha value is -3.98. The van der Waals surface area contributed by atoms with Crippen LogP contribution in [0.5, 0.6) is 11.5 Å². The maximum absolute atomic E-state index is 11.5. The lowest BCUT2D eigenvalue weighted by atomic mass is 10.2. The number of carbonyl (C=O) groups is 2. The van der Waals surface area contributed by atoms with Crippen molar-refractivity contribution in [3.05, 3.63) is 100 Å². The third kappa shape index (κ3) is 7.50. The van der Waals surface area contributed by atoms with E-state index in [0.717, 1.165) is 22.6 Å². The van der Waals surface area contributed by atoms with Crippen LogP contribution >= 0.6 is 15.9 Å². The Balaban J connectivity index is 0.000000206. The highest BCUT2D eigenvalue weighted by Gasteiger charge is 2.11. The van der Waals surface area contributed by atoms with Crippen LogP contribution < -0.4 is 9.47 Å². The average molecular weight is 565 g/mol. The molecule has 0 saturated heterocycles. The molecule has 192 valence electrons. The third-order valence-electron chi connectivity index (χ3n) is 5.47. The first-order valence-corrected chi connectivity index (χ1v) is 12.2. The van der Waals surface area contributed by atoms with E-state index < -0.39 is 0 Å². The SMILES string of the molecule is C=Cc1nn(Cc2ccc(OC)cc2)cc1C(C)=O.COc1ccc(Cn2cc(C(C)=O)c(Br)n2)cc1. The molecule has 0 amide bonds. The van der Waals surface area contributed by atoms with Crippen LogP contribution in [-0.2, 0) is 13.1 Å². The van der Waals surface area contributed by atoms with Crippen LogP contribution in [-0.4, -0.2) is 45.3 Å². The zero-order valence-corrected chi connectivity index (χ0v) is 22.9. The molecule has 0 unspecified atom stereocenters. The van der Waals surface area contributed by atoms with Gasteiger partial charge in [0.1, 0.15) is 16.1 Å². The van der Waals surface area contributed by atoms with Gasteiger partial charge in [-0.05, 0) is 71.2 Å². The van der Waals surface area contributed by atoms with Crippen molar-refractivity contribution in [3.8, 4) is 11.5 Å². The molecule has 0 atom stereocenters. The molecule has 2 heterocycles. The molecular formula is C28H29BrN4O4. The summed E-state index contributed by atoms with van der Waals surface area (Å²) in [6.45, 7) is 7.96. The topological polar surface area (TPSA) is 88.2 Å². The van der Waals surface area contributed by atoms with Crippen LogP contribution in [0.4, 0.5) is 0 Å². The van der Waals surface area contributed by atoms with Crippen molar-refractivity contribution in [2.75, 3.05) is 14.2 Å². The molecule has 0 aliphatic rings. The number of halogens is 1. The van der Waals surface area contributed by atoms with Gasteiger partial charge in [0, 0.05) is 12.4 Å². The summed E-state index contributed by atoms with van der Waals surface area (Å²) in [5, 5.41) is 8.59. The van der Waals surface area contributed by atoms with Gasteiger partial charge in [0.05, 0.1) is 44.1 Å². The average Bonchev–Trinajstić information content (AvgIpc) is 3.48. The van der Waals surface area contributed by atoms with Gasteiger partial charge in [0.15, 0.2) is 11.6 Å². The molecule has 8 nitrogen and oxygen atoms in total. The van der Waals surface area contributed by atoms with E-state index in [0.29, 0.717) is 34.5 Å². The molecular weight excluding hydrogens is 536 g/mol. The number of ketones is 2. The Morgan fingerprint density at radius 2 is 1.24 bits per heavy atom. The summed E-state index contributed by atoms with van der Waals surface area (Å²) < 4.78 is 14.3. The van der Waals surface area contributed by atoms with E-state index in [1.807, 2.05) is 48.5 Å². The van der Waals surface area contributed by atoms with E-state index >= 15 is 0 Å². The number of hydrogen-bond acceptors (Lipinski definition) is 6. The molecule has 0 saturated carbocycles. The van der Waals surface area contributed by atoms with E-state index in [2.05, 4.69) is 32.7 Å². The molecule has 37 heavy (non-hydrogen) atoms. The van der Waals surface area contributed by atoms with Gasteiger partial charge in [-0.3, -0.25) is 19.0 Å². The number of rotatable bonds is 9. The number of carbonyl (C=O) groups excluding carboxylic acids is 2. The second-order valence-corrected chi connectivity index (χ2v) is 8.92. The molecule has 0 bridgehead atoms. The molecule has 4 aromatic rings. The zero-order chi connectivity index (χ0) is 26.9. The van der Waals surface area contributed by atoms with Crippen molar-refractivity contribution < 1.29 is 19.1 Å². The molecule has 2 aromatic carbocycles. The molecule has 0 fully saturated rings. The first kappa shape index (κ1) is 27.6. The summed E-state index contributed by atoms with van der Waals surface area (Å²) in [4.78, 5) is 22.8. The normalized spacial score (nSPS) is 10.3. The lowest BCUT2D eigenvalue weighted by molar-refractivity contribution is 0.100. The number of Topliss-reactive ketones (excluding diaryl/α,β-unsaturated/α-hetero) is 2. The van der Waals surface area contributed by atoms with Crippen molar-refractivity contribution in [3.63, 3.8) is 0 Å². The highest BCUT2D eigenvalue weighted by molar-refractivity contribution is 9.10. The number of ether oxygens (including phenoxy) is 2. The summed E-state index contributed by atoms with van der Waals surface area (Å²) >= 11 is 3.28. The maximum Gasteiger partial charge on any atom is 0.164 e.